The van der Waals surface area contributed by atoms with Crippen molar-refractivity contribution in [3.05, 3.63) is 38.9 Å². The first-order valence-corrected chi connectivity index (χ1v) is 6.19. The van der Waals surface area contributed by atoms with E-state index in [1.165, 1.54) is 12.1 Å². The number of nitro groups is 1. The Morgan fingerprint density at radius 3 is 2.65 bits per heavy atom. The summed E-state index contributed by atoms with van der Waals surface area (Å²) >= 11 is 5.83. The lowest BCUT2D eigenvalue weighted by molar-refractivity contribution is -0.384. The molecule has 1 unspecified atom stereocenters. The molecule has 0 heterocycles. The summed E-state index contributed by atoms with van der Waals surface area (Å²) in [6.07, 6.45) is 0.194. The Hall–Kier alpha value is -2.15. The van der Waals surface area contributed by atoms with Crippen molar-refractivity contribution in [2.45, 2.75) is 25.8 Å². The maximum atomic E-state index is 12.0. The standard InChI is InChI=1S/C12H13ClN2O5/c1-2-7(5-11(16)17)14-12(18)9-6-8(15(19)20)3-4-10(9)13/h3-4,6-7H,2,5H2,1H3,(H,14,18)(H,16,17). The van der Waals surface area contributed by atoms with E-state index in [1.54, 1.807) is 6.92 Å². The summed E-state index contributed by atoms with van der Waals surface area (Å²) in [5.74, 6) is -1.67. The summed E-state index contributed by atoms with van der Waals surface area (Å²) in [5.41, 5.74) is -0.310. The largest absolute Gasteiger partial charge is 0.481 e. The summed E-state index contributed by atoms with van der Waals surface area (Å²) in [5, 5.41) is 21.9. The van der Waals surface area contributed by atoms with Crippen LogP contribution in [0.2, 0.25) is 5.02 Å². The Morgan fingerprint density at radius 2 is 2.15 bits per heavy atom. The number of halogens is 1. The molecule has 0 radical (unpaired) electrons. The zero-order valence-electron chi connectivity index (χ0n) is 10.6. The van der Waals surface area contributed by atoms with Crippen molar-refractivity contribution in [2.75, 3.05) is 0 Å². The molecule has 7 nitrogen and oxygen atoms in total. The summed E-state index contributed by atoms with van der Waals surface area (Å²) in [4.78, 5) is 32.6. The summed E-state index contributed by atoms with van der Waals surface area (Å²) in [6.45, 7) is 1.73. The van der Waals surface area contributed by atoms with E-state index in [-0.39, 0.29) is 22.7 Å². The van der Waals surface area contributed by atoms with Crippen LogP contribution in [0.15, 0.2) is 18.2 Å². The minimum Gasteiger partial charge on any atom is -0.481 e. The van der Waals surface area contributed by atoms with Crippen LogP contribution in [0.1, 0.15) is 30.1 Å². The first-order valence-electron chi connectivity index (χ1n) is 5.81. The molecule has 0 aromatic heterocycles. The van der Waals surface area contributed by atoms with E-state index in [0.29, 0.717) is 6.42 Å². The van der Waals surface area contributed by atoms with Gasteiger partial charge in [0.15, 0.2) is 0 Å². The van der Waals surface area contributed by atoms with Gasteiger partial charge in [0.25, 0.3) is 11.6 Å². The number of nitrogens with zero attached hydrogens (tertiary/aromatic N) is 1. The molecule has 20 heavy (non-hydrogen) atoms. The van der Waals surface area contributed by atoms with Crippen LogP contribution >= 0.6 is 11.6 Å². The van der Waals surface area contributed by atoms with Crippen molar-refractivity contribution in [3.63, 3.8) is 0 Å². The molecule has 1 rings (SSSR count). The third-order valence-electron chi connectivity index (χ3n) is 2.65. The van der Waals surface area contributed by atoms with Gasteiger partial charge in [-0.25, -0.2) is 0 Å². The normalized spacial score (nSPS) is 11.7. The van der Waals surface area contributed by atoms with E-state index in [2.05, 4.69) is 5.32 Å². The van der Waals surface area contributed by atoms with Gasteiger partial charge < -0.3 is 10.4 Å². The highest BCUT2D eigenvalue weighted by molar-refractivity contribution is 6.33. The lowest BCUT2D eigenvalue weighted by Gasteiger charge is -2.15. The summed E-state index contributed by atoms with van der Waals surface area (Å²) in [6, 6.07) is 2.95. The van der Waals surface area contributed by atoms with E-state index >= 15 is 0 Å². The van der Waals surface area contributed by atoms with Gasteiger partial charge in [-0.05, 0) is 12.5 Å². The second-order valence-corrected chi connectivity index (χ2v) is 4.50. The topological polar surface area (TPSA) is 110 Å². The van der Waals surface area contributed by atoms with Crippen LogP contribution in [-0.4, -0.2) is 27.9 Å². The third kappa shape index (κ3) is 4.20. The molecule has 1 aromatic rings. The fourth-order valence-corrected chi connectivity index (χ4v) is 1.78. The van der Waals surface area contributed by atoms with Gasteiger partial charge in [-0.2, -0.15) is 0 Å². The molecule has 0 aliphatic rings. The molecule has 0 aliphatic heterocycles. The molecule has 1 aromatic carbocycles. The average Bonchev–Trinajstić information content (AvgIpc) is 2.37. The quantitative estimate of drug-likeness (QED) is 0.618. The first kappa shape index (κ1) is 15.9. The zero-order chi connectivity index (χ0) is 15.3. The number of carbonyl (C=O) groups is 2. The highest BCUT2D eigenvalue weighted by atomic mass is 35.5. The van der Waals surface area contributed by atoms with Gasteiger partial charge in [0.1, 0.15) is 0 Å². The van der Waals surface area contributed by atoms with E-state index in [1.807, 2.05) is 0 Å². The Bertz CT molecular complexity index is 547. The van der Waals surface area contributed by atoms with Gasteiger partial charge in [-0.1, -0.05) is 18.5 Å². The molecule has 2 N–H and O–H groups in total. The Morgan fingerprint density at radius 1 is 1.50 bits per heavy atom. The van der Waals surface area contributed by atoms with Crippen LogP contribution in [-0.2, 0) is 4.79 Å². The second-order valence-electron chi connectivity index (χ2n) is 4.10. The zero-order valence-corrected chi connectivity index (χ0v) is 11.4. The van der Waals surface area contributed by atoms with Crippen LogP contribution in [0.4, 0.5) is 5.69 Å². The number of carboxylic acid groups (broad SMARTS) is 1. The highest BCUT2D eigenvalue weighted by Crippen LogP contribution is 2.22. The molecule has 0 saturated heterocycles. The van der Waals surface area contributed by atoms with Crippen molar-refractivity contribution >= 4 is 29.2 Å². The van der Waals surface area contributed by atoms with E-state index in [9.17, 15) is 19.7 Å². The number of amides is 1. The number of nitro benzene ring substituents is 1. The molecule has 108 valence electrons. The van der Waals surface area contributed by atoms with Crippen LogP contribution < -0.4 is 5.32 Å². The SMILES string of the molecule is CCC(CC(=O)O)NC(=O)c1cc([N+](=O)[O-])ccc1Cl. The summed E-state index contributed by atoms with van der Waals surface area (Å²) in [7, 11) is 0. The number of rotatable bonds is 6. The van der Waals surface area contributed by atoms with Gasteiger partial charge in [0.05, 0.1) is 21.9 Å². The van der Waals surface area contributed by atoms with Crippen molar-refractivity contribution in [2.24, 2.45) is 0 Å². The van der Waals surface area contributed by atoms with Crippen LogP contribution in [0.5, 0.6) is 0 Å². The Kier molecular flexibility index (Phi) is 5.45. The smallest absolute Gasteiger partial charge is 0.305 e. The van der Waals surface area contributed by atoms with Crippen molar-refractivity contribution < 1.29 is 19.6 Å². The van der Waals surface area contributed by atoms with Gasteiger partial charge in [-0.15, -0.1) is 0 Å². The fourth-order valence-electron chi connectivity index (χ4n) is 1.57. The predicted molar refractivity (Wildman–Crippen MR) is 71.9 cm³/mol. The molecule has 8 heteroatoms. The first-order chi connectivity index (χ1) is 9.35. The van der Waals surface area contributed by atoms with Crippen LogP contribution in [0.3, 0.4) is 0 Å². The van der Waals surface area contributed by atoms with Gasteiger partial charge in [0.2, 0.25) is 0 Å². The Balaban J connectivity index is 2.93. The maximum absolute atomic E-state index is 12.0. The lowest BCUT2D eigenvalue weighted by Crippen LogP contribution is -2.36. The summed E-state index contributed by atoms with van der Waals surface area (Å²) < 4.78 is 0. The van der Waals surface area contributed by atoms with E-state index in [4.69, 9.17) is 16.7 Å². The molecular formula is C12H13ClN2O5. The van der Waals surface area contributed by atoms with Crippen molar-refractivity contribution in [1.82, 2.24) is 5.32 Å². The van der Waals surface area contributed by atoms with Crippen molar-refractivity contribution in [3.8, 4) is 0 Å². The molecule has 0 saturated carbocycles. The minimum absolute atomic E-state index is 0.0512. The second kappa shape index (κ2) is 6.85. The Labute approximate surface area is 119 Å². The molecule has 0 aliphatic carbocycles. The number of carbonyl (C=O) groups excluding carboxylic acids is 1. The number of nitrogens with one attached hydrogen (secondary N) is 1. The molecular weight excluding hydrogens is 288 g/mol. The number of carboxylic acids is 1. The number of benzene rings is 1. The molecule has 1 amide bonds. The predicted octanol–water partition coefficient (Wildman–Crippen LogP) is 2.23. The van der Waals surface area contributed by atoms with Crippen LogP contribution in [0.25, 0.3) is 0 Å². The van der Waals surface area contributed by atoms with Crippen molar-refractivity contribution in [1.29, 1.82) is 0 Å². The number of non-ortho nitro benzene ring substituents is 1. The average molecular weight is 301 g/mol. The van der Waals surface area contributed by atoms with Gasteiger partial charge in [-0.3, -0.25) is 19.7 Å². The monoisotopic (exact) mass is 300 g/mol. The fraction of sp³-hybridized carbons (Fsp3) is 0.333. The number of hydrogen-bond acceptors (Lipinski definition) is 4. The molecule has 0 fully saturated rings. The number of hydrogen-bond donors (Lipinski definition) is 2. The van der Waals surface area contributed by atoms with E-state index < -0.39 is 22.8 Å². The minimum atomic E-state index is -1.04. The van der Waals surface area contributed by atoms with E-state index in [0.717, 1.165) is 6.07 Å². The molecule has 0 bridgehead atoms. The number of aliphatic carboxylic acids is 1. The van der Waals surface area contributed by atoms with Crippen LogP contribution in [0, 0.1) is 10.1 Å². The van der Waals surface area contributed by atoms with Gasteiger partial charge in [0, 0.05) is 18.2 Å². The third-order valence-corrected chi connectivity index (χ3v) is 2.98. The highest BCUT2D eigenvalue weighted by Gasteiger charge is 2.19. The van der Waals surface area contributed by atoms with Gasteiger partial charge >= 0.3 is 5.97 Å². The molecule has 1 atom stereocenters. The molecule has 0 spiro atoms. The maximum Gasteiger partial charge on any atom is 0.305 e. The lowest BCUT2D eigenvalue weighted by atomic mass is 10.1.